The first-order chi connectivity index (χ1) is 10.7. The second-order valence-electron chi connectivity index (χ2n) is 7.62. The van der Waals surface area contributed by atoms with Crippen molar-refractivity contribution in [3.8, 4) is 5.75 Å². The molecule has 2 heteroatoms. The van der Waals surface area contributed by atoms with E-state index in [0.717, 1.165) is 23.6 Å². The molecular formula is C20H31NO. The Morgan fingerprint density at radius 3 is 2.23 bits per heavy atom. The number of methoxy groups -OCH3 is 1. The molecule has 22 heavy (non-hydrogen) atoms. The third-order valence-electron chi connectivity index (χ3n) is 5.78. The third-order valence-corrected chi connectivity index (χ3v) is 5.78. The predicted octanol–water partition coefficient (Wildman–Crippen LogP) is 4.70. The Morgan fingerprint density at radius 1 is 0.955 bits per heavy atom. The summed E-state index contributed by atoms with van der Waals surface area (Å²) in [6.07, 6.45) is 6.79. The van der Waals surface area contributed by atoms with Gasteiger partial charge in [-0.05, 0) is 74.6 Å². The lowest BCUT2D eigenvalue weighted by molar-refractivity contribution is 0.0858. The van der Waals surface area contributed by atoms with Crippen LogP contribution >= 0.6 is 0 Å². The first-order valence-corrected chi connectivity index (χ1v) is 9.04. The minimum Gasteiger partial charge on any atom is -0.496 e. The van der Waals surface area contributed by atoms with Gasteiger partial charge in [0.2, 0.25) is 0 Å². The van der Waals surface area contributed by atoms with E-state index in [2.05, 4.69) is 43.0 Å². The van der Waals surface area contributed by atoms with Crippen LogP contribution in [-0.4, -0.2) is 31.1 Å². The zero-order valence-corrected chi connectivity index (χ0v) is 14.4. The van der Waals surface area contributed by atoms with E-state index in [-0.39, 0.29) is 0 Å². The normalized spacial score (nSPS) is 31.1. The van der Waals surface area contributed by atoms with Crippen molar-refractivity contribution in [3.63, 3.8) is 0 Å². The van der Waals surface area contributed by atoms with Gasteiger partial charge in [-0.25, -0.2) is 0 Å². The predicted molar refractivity (Wildman–Crippen MR) is 92.5 cm³/mol. The summed E-state index contributed by atoms with van der Waals surface area (Å²) in [5.41, 5.74) is 1.41. The summed E-state index contributed by atoms with van der Waals surface area (Å²) < 4.78 is 5.56. The van der Waals surface area contributed by atoms with Crippen LogP contribution in [0.25, 0.3) is 0 Å². The van der Waals surface area contributed by atoms with Crippen LogP contribution in [0.4, 0.5) is 0 Å². The number of ether oxygens (including phenoxy) is 1. The molecule has 0 bridgehead atoms. The highest BCUT2D eigenvalue weighted by Crippen LogP contribution is 2.37. The lowest BCUT2D eigenvalue weighted by Crippen LogP contribution is -2.44. The van der Waals surface area contributed by atoms with Crippen molar-refractivity contribution in [1.29, 1.82) is 0 Å². The van der Waals surface area contributed by atoms with Gasteiger partial charge in [-0.1, -0.05) is 32.0 Å². The summed E-state index contributed by atoms with van der Waals surface area (Å²) in [6.45, 7) is 7.38. The number of piperidine rings is 1. The van der Waals surface area contributed by atoms with Gasteiger partial charge in [0.15, 0.2) is 0 Å². The number of hydrogen-bond acceptors (Lipinski definition) is 2. The fourth-order valence-electron chi connectivity index (χ4n) is 4.78. The molecule has 1 aliphatic carbocycles. The quantitative estimate of drug-likeness (QED) is 0.802. The van der Waals surface area contributed by atoms with Crippen molar-refractivity contribution in [1.82, 2.24) is 4.90 Å². The van der Waals surface area contributed by atoms with Crippen molar-refractivity contribution in [2.45, 2.75) is 57.9 Å². The maximum atomic E-state index is 5.56. The van der Waals surface area contributed by atoms with Gasteiger partial charge in [0, 0.05) is 6.04 Å². The van der Waals surface area contributed by atoms with Crippen LogP contribution in [0, 0.1) is 11.8 Å². The molecule has 0 spiro atoms. The zero-order valence-electron chi connectivity index (χ0n) is 14.4. The highest BCUT2D eigenvalue weighted by molar-refractivity contribution is 5.36. The van der Waals surface area contributed by atoms with Crippen LogP contribution in [-0.2, 0) is 0 Å². The summed E-state index contributed by atoms with van der Waals surface area (Å²) in [6, 6.07) is 9.41. The highest BCUT2D eigenvalue weighted by atomic mass is 16.5. The number of hydrogen-bond donors (Lipinski definition) is 0. The Morgan fingerprint density at radius 2 is 1.59 bits per heavy atom. The van der Waals surface area contributed by atoms with Crippen LogP contribution in [0.3, 0.4) is 0 Å². The lowest BCUT2D eigenvalue weighted by Gasteiger charge is -2.42. The standard InChI is InChI=1S/C20H31NO/c1-15-12-16(2)14-18(13-15)21-10-8-17(9-11-21)19-6-4-5-7-20(19)22-3/h4-7,15-18H,8-14H2,1-3H3/t15-,16+,18?. The minimum absolute atomic E-state index is 0.672. The molecule has 0 N–H and O–H groups in total. The van der Waals surface area contributed by atoms with E-state index < -0.39 is 0 Å². The first kappa shape index (κ1) is 15.9. The third kappa shape index (κ3) is 3.48. The lowest BCUT2D eigenvalue weighted by atomic mass is 9.78. The molecule has 0 aromatic heterocycles. The Kier molecular flexibility index (Phi) is 5.07. The molecule has 2 nitrogen and oxygen atoms in total. The van der Waals surface area contributed by atoms with Gasteiger partial charge in [0.1, 0.15) is 5.75 Å². The van der Waals surface area contributed by atoms with E-state index in [4.69, 9.17) is 4.74 Å². The zero-order chi connectivity index (χ0) is 15.5. The summed E-state index contributed by atoms with van der Waals surface area (Å²) in [7, 11) is 1.79. The Labute approximate surface area is 135 Å². The first-order valence-electron chi connectivity index (χ1n) is 9.04. The van der Waals surface area contributed by atoms with Crippen molar-refractivity contribution >= 4 is 0 Å². The Balaban J connectivity index is 1.60. The van der Waals surface area contributed by atoms with Crippen molar-refractivity contribution in [3.05, 3.63) is 29.8 Å². The molecule has 1 aliphatic heterocycles. The van der Waals surface area contributed by atoms with E-state index in [1.54, 1.807) is 7.11 Å². The van der Waals surface area contributed by atoms with Crippen LogP contribution < -0.4 is 4.74 Å². The van der Waals surface area contributed by atoms with Crippen molar-refractivity contribution in [2.24, 2.45) is 11.8 Å². The smallest absolute Gasteiger partial charge is 0.122 e. The highest BCUT2D eigenvalue weighted by Gasteiger charge is 2.31. The number of benzene rings is 1. The van der Waals surface area contributed by atoms with Crippen LogP contribution in [0.1, 0.15) is 57.4 Å². The molecule has 1 aromatic rings. The molecule has 1 heterocycles. The molecule has 1 saturated carbocycles. The molecule has 1 unspecified atom stereocenters. The van der Waals surface area contributed by atoms with E-state index in [1.807, 2.05) is 0 Å². The number of para-hydroxylation sites is 1. The molecule has 3 atom stereocenters. The summed E-state index contributed by atoms with van der Waals surface area (Å²) >= 11 is 0. The van der Waals surface area contributed by atoms with E-state index in [9.17, 15) is 0 Å². The van der Waals surface area contributed by atoms with Gasteiger partial charge in [0.25, 0.3) is 0 Å². The minimum atomic E-state index is 0.672. The van der Waals surface area contributed by atoms with Gasteiger partial charge >= 0.3 is 0 Å². The van der Waals surface area contributed by atoms with Gasteiger partial charge in [-0.15, -0.1) is 0 Å². The average molecular weight is 301 g/mol. The second-order valence-corrected chi connectivity index (χ2v) is 7.62. The summed E-state index contributed by atoms with van der Waals surface area (Å²) in [4.78, 5) is 2.78. The molecule has 0 radical (unpaired) electrons. The molecule has 0 amide bonds. The van der Waals surface area contributed by atoms with Gasteiger partial charge in [-0.2, -0.15) is 0 Å². The summed E-state index contributed by atoms with van der Waals surface area (Å²) in [5, 5.41) is 0. The molecule has 2 fully saturated rings. The number of rotatable bonds is 3. The fourth-order valence-corrected chi connectivity index (χ4v) is 4.78. The SMILES string of the molecule is COc1ccccc1C1CCN(C2C[C@@H](C)C[C@@H](C)C2)CC1. The fraction of sp³-hybridized carbons (Fsp3) is 0.700. The molecule has 1 aromatic carbocycles. The van der Waals surface area contributed by atoms with Crippen LogP contribution in [0.15, 0.2) is 24.3 Å². The average Bonchev–Trinajstić information content (AvgIpc) is 2.54. The topological polar surface area (TPSA) is 12.5 Å². The maximum Gasteiger partial charge on any atom is 0.122 e. The largest absolute Gasteiger partial charge is 0.496 e. The molecule has 2 aliphatic rings. The summed E-state index contributed by atoms with van der Waals surface area (Å²) in [5.74, 6) is 3.55. The second kappa shape index (κ2) is 7.04. The van der Waals surface area contributed by atoms with E-state index in [1.165, 1.54) is 50.8 Å². The maximum absolute atomic E-state index is 5.56. The number of likely N-dealkylation sites (tertiary alicyclic amines) is 1. The molecule has 122 valence electrons. The number of nitrogens with zero attached hydrogens (tertiary/aromatic N) is 1. The Bertz CT molecular complexity index is 468. The van der Waals surface area contributed by atoms with Crippen molar-refractivity contribution < 1.29 is 4.74 Å². The van der Waals surface area contributed by atoms with Gasteiger partial charge < -0.3 is 9.64 Å². The van der Waals surface area contributed by atoms with Gasteiger partial charge in [-0.3, -0.25) is 0 Å². The van der Waals surface area contributed by atoms with Crippen LogP contribution in [0.5, 0.6) is 5.75 Å². The molecule has 3 rings (SSSR count). The van der Waals surface area contributed by atoms with Gasteiger partial charge in [0.05, 0.1) is 7.11 Å². The Hall–Kier alpha value is -1.02. The molecular weight excluding hydrogens is 270 g/mol. The monoisotopic (exact) mass is 301 g/mol. The van der Waals surface area contributed by atoms with Crippen LogP contribution in [0.2, 0.25) is 0 Å². The molecule has 1 saturated heterocycles. The van der Waals surface area contributed by atoms with E-state index in [0.29, 0.717) is 5.92 Å². The van der Waals surface area contributed by atoms with E-state index >= 15 is 0 Å². The van der Waals surface area contributed by atoms with Crippen molar-refractivity contribution in [2.75, 3.05) is 20.2 Å².